The van der Waals surface area contributed by atoms with Gasteiger partial charge in [-0.05, 0) is 0 Å². The normalized spacial score (nSPS) is 13.1. The Bertz CT molecular complexity index is 84.6. The quantitative estimate of drug-likeness (QED) is 0.428. The van der Waals surface area contributed by atoms with Gasteiger partial charge < -0.3 is 0 Å². The predicted octanol–water partition coefficient (Wildman–Crippen LogP) is 2.98. The van der Waals surface area contributed by atoms with Gasteiger partial charge in [0.1, 0.15) is 0 Å². The third kappa shape index (κ3) is 2.42. The molecule has 10 heavy (non-hydrogen) atoms. The second-order valence-electron chi connectivity index (χ2n) is 3.05. The zero-order chi connectivity index (χ0) is 8.04. The summed E-state index contributed by atoms with van der Waals surface area (Å²) in [5.74, 6) is 0. The fourth-order valence-electron chi connectivity index (χ4n) is 1.49. The van der Waals surface area contributed by atoms with Gasteiger partial charge in [0.2, 0.25) is 0 Å². The summed E-state index contributed by atoms with van der Waals surface area (Å²) in [7, 11) is -0.835. The van der Waals surface area contributed by atoms with Gasteiger partial charge in [-0.2, -0.15) is 0 Å². The van der Waals surface area contributed by atoms with E-state index in [1.54, 1.807) is 0 Å². The summed E-state index contributed by atoms with van der Waals surface area (Å²) in [4.78, 5) is 0. The molecule has 0 aliphatic carbocycles. The third-order valence-electron chi connectivity index (χ3n) is 2.83. The van der Waals surface area contributed by atoms with E-state index in [4.69, 9.17) is 0 Å². The Morgan fingerprint density at radius 1 is 1.10 bits per heavy atom. The van der Waals surface area contributed by atoms with Gasteiger partial charge in [0.25, 0.3) is 0 Å². The van der Waals surface area contributed by atoms with Crippen LogP contribution in [0, 0.1) is 0 Å². The summed E-state index contributed by atoms with van der Waals surface area (Å²) in [6.07, 6.45) is 7.70. The van der Waals surface area contributed by atoms with Crippen LogP contribution in [0.2, 0.25) is 0 Å². The van der Waals surface area contributed by atoms with Crippen molar-refractivity contribution in [3.05, 3.63) is 12.7 Å². The van der Waals surface area contributed by atoms with Gasteiger partial charge in [-0.25, -0.2) is 0 Å². The van der Waals surface area contributed by atoms with Gasteiger partial charge in [0.15, 0.2) is 0 Å². The molecule has 0 aliphatic heterocycles. The molecule has 0 bridgehead atoms. The summed E-state index contributed by atoms with van der Waals surface area (Å²) in [5, 5.41) is 0. The van der Waals surface area contributed by atoms with Gasteiger partial charge in [0.05, 0.1) is 0 Å². The van der Waals surface area contributed by atoms with E-state index in [9.17, 15) is 0 Å². The molecule has 0 rings (SSSR count). The van der Waals surface area contributed by atoms with Gasteiger partial charge in [-0.3, -0.25) is 0 Å². The summed E-state index contributed by atoms with van der Waals surface area (Å²) in [6.45, 7) is 10.8. The molecule has 0 spiro atoms. The fraction of sp³-hybridized carbons (Fsp3) is 0.778. The van der Waals surface area contributed by atoms with Gasteiger partial charge >= 0.3 is 65.3 Å². The van der Waals surface area contributed by atoms with Crippen molar-refractivity contribution in [3.63, 3.8) is 0 Å². The maximum atomic E-state index is 3.82. The molecular weight excluding hydrogens is 139 g/mol. The van der Waals surface area contributed by atoms with Crippen LogP contribution in [0.15, 0.2) is 12.7 Å². The average molecular weight is 160 g/mol. The Hall–Kier alpha value is 0.170. The van der Waals surface area contributed by atoms with Crippen molar-refractivity contribution in [2.75, 3.05) is 24.6 Å². The first-order chi connectivity index (χ1) is 4.74. The third-order valence-corrected chi connectivity index (χ3v) is 8.48. The van der Waals surface area contributed by atoms with Gasteiger partial charge in [-0.1, -0.05) is 0 Å². The molecule has 0 unspecified atom stereocenters. The van der Waals surface area contributed by atoms with E-state index in [1.807, 2.05) is 0 Å². The first kappa shape index (κ1) is 10.2. The van der Waals surface area contributed by atoms with Crippen molar-refractivity contribution in [1.29, 1.82) is 0 Å². The number of rotatable bonds is 5. The molecule has 0 saturated heterocycles. The first-order valence-corrected chi connectivity index (χ1v) is 7.18. The molecule has 0 amide bonds. The van der Waals surface area contributed by atoms with Crippen LogP contribution in [0.1, 0.15) is 20.8 Å². The van der Waals surface area contributed by atoms with E-state index in [-0.39, 0.29) is 0 Å². The first-order valence-electron chi connectivity index (χ1n) is 4.35. The Labute approximate surface area is 66.1 Å². The molecule has 0 atom stereocenters. The van der Waals surface area contributed by atoms with Crippen molar-refractivity contribution in [3.8, 4) is 0 Å². The van der Waals surface area contributed by atoms with Crippen molar-refractivity contribution in [2.24, 2.45) is 0 Å². The second-order valence-corrected chi connectivity index (χ2v) is 8.58. The minimum absolute atomic E-state index is 0.835. The SMILES string of the molecule is C=CC[PH](CC)(CC)CC. The van der Waals surface area contributed by atoms with Crippen LogP contribution < -0.4 is 0 Å². The van der Waals surface area contributed by atoms with Crippen molar-refractivity contribution in [2.45, 2.75) is 20.8 Å². The average Bonchev–Trinajstić information content (AvgIpc) is 2.01. The summed E-state index contributed by atoms with van der Waals surface area (Å²) >= 11 is 0. The fourth-order valence-corrected chi connectivity index (χ4v) is 4.47. The molecule has 0 N–H and O–H groups in total. The van der Waals surface area contributed by atoms with Crippen LogP contribution in [0.5, 0.6) is 0 Å². The van der Waals surface area contributed by atoms with Crippen LogP contribution in [0.25, 0.3) is 0 Å². The van der Waals surface area contributed by atoms with E-state index in [0.717, 1.165) is 0 Å². The molecule has 0 saturated carbocycles. The predicted molar refractivity (Wildman–Crippen MR) is 55.0 cm³/mol. The van der Waals surface area contributed by atoms with Gasteiger partial charge in [-0.15, -0.1) is 0 Å². The molecule has 62 valence electrons. The number of hydrogen-bond acceptors (Lipinski definition) is 0. The monoisotopic (exact) mass is 160 g/mol. The Kier molecular flexibility index (Phi) is 4.99. The molecule has 0 aromatic carbocycles. The number of allylic oxidation sites excluding steroid dienone is 1. The molecule has 0 aromatic heterocycles. The Balaban J connectivity index is 4.00. The summed E-state index contributed by atoms with van der Waals surface area (Å²) in [5.41, 5.74) is 0. The van der Waals surface area contributed by atoms with Crippen molar-refractivity contribution < 1.29 is 0 Å². The molecule has 0 heterocycles. The topological polar surface area (TPSA) is 0 Å². The molecule has 0 fully saturated rings. The van der Waals surface area contributed by atoms with E-state index < -0.39 is 7.26 Å². The molecular formula is C9H21P. The van der Waals surface area contributed by atoms with Crippen LogP contribution in [-0.4, -0.2) is 24.6 Å². The van der Waals surface area contributed by atoms with E-state index >= 15 is 0 Å². The second kappa shape index (κ2) is 4.91. The molecule has 0 radical (unpaired) electrons. The zero-order valence-electron chi connectivity index (χ0n) is 7.61. The molecule has 0 aliphatic rings. The summed E-state index contributed by atoms with van der Waals surface area (Å²) < 4.78 is 0. The van der Waals surface area contributed by atoms with Crippen LogP contribution >= 0.6 is 7.26 Å². The van der Waals surface area contributed by atoms with E-state index in [1.165, 1.54) is 24.6 Å². The minimum atomic E-state index is -0.835. The molecule has 1 heteroatoms. The Morgan fingerprint density at radius 3 is 1.60 bits per heavy atom. The standard InChI is InChI=1S/C9H21P/c1-5-9-10(6-2,7-3)8-4/h5,10H,1,6-9H2,2-4H3. The van der Waals surface area contributed by atoms with Crippen LogP contribution in [0.3, 0.4) is 0 Å². The zero-order valence-corrected chi connectivity index (χ0v) is 8.61. The van der Waals surface area contributed by atoms with Crippen molar-refractivity contribution >= 4 is 7.26 Å². The maximum absolute atomic E-state index is 3.82. The van der Waals surface area contributed by atoms with E-state index in [2.05, 4.69) is 33.4 Å². The summed E-state index contributed by atoms with van der Waals surface area (Å²) in [6, 6.07) is 0. The van der Waals surface area contributed by atoms with Crippen LogP contribution in [-0.2, 0) is 0 Å². The number of hydrogen-bond donors (Lipinski definition) is 0. The van der Waals surface area contributed by atoms with Gasteiger partial charge in [0, 0.05) is 0 Å². The van der Waals surface area contributed by atoms with Crippen molar-refractivity contribution in [1.82, 2.24) is 0 Å². The van der Waals surface area contributed by atoms with Crippen LogP contribution in [0.4, 0.5) is 0 Å². The Morgan fingerprint density at radius 2 is 1.50 bits per heavy atom. The molecule has 0 nitrogen and oxygen atoms in total. The molecule has 0 aromatic rings. The van der Waals surface area contributed by atoms with E-state index in [0.29, 0.717) is 0 Å².